The number of urea groups is 1. The number of likely N-dealkylation sites (tertiary alicyclic amines) is 1. The van der Waals surface area contributed by atoms with Gasteiger partial charge >= 0.3 is 6.03 Å². The van der Waals surface area contributed by atoms with Gasteiger partial charge in [-0.25, -0.2) is 4.79 Å². The van der Waals surface area contributed by atoms with E-state index in [1.54, 1.807) is 25.9 Å². The minimum absolute atomic E-state index is 0.0206. The van der Waals surface area contributed by atoms with Crippen LogP contribution in [-0.4, -0.2) is 53.7 Å². The maximum absolute atomic E-state index is 11.4. The van der Waals surface area contributed by atoms with Crippen molar-refractivity contribution in [3.05, 3.63) is 0 Å². The van der Waals surface area contributed by atoms with Gasteiger partial charge in [-0.3, -0.25) is 0 Å². The standard InChI is InChI=1S/C8H16N2O2/c1-8(12)4-5-10(6-8)7(11)9(2)3/h12H,4-6H2,1-3H3. The number of amides is 2. The second-order valence-corrected chi connectivity index (χ2v) is 3.85. The first kappa shape index (κ1) is 9.32. The summed E-state index contributed by atoms with van der Waals surface area (Å²) < 4.78 is 0. The summed E-state index contributed by atoms with van der Waals surface area (Å²) in [5.41, 5.74) is -0.689. The van der Waals surface area contributed by atoms with Gasteiger partial charge in [0.1, 0.15) is 0 Å². The molecule has 4 nitrogen and oxygen atoms in total. The Morgan fingerprint density at radius 2 is 2.17 bits per heavy atom. The third-order valence-corrected chi connectivity index (χ3v) is 2.10. The molecule has 1 saturated heterocycles. The van der Waals surface area contributed by atoms with Crippen LogP contribution in [0.25, 0.3) is 0 Å². The fraction of sp³-hybridized carbons (Fsp3) is 0.875. The van der Waals surface area contributed by atoms with Crippen LogP contribution in [0.4, 0.5) is 4.79 Å². The van der Waals surface area contributed by atoms with E-state index in [-0.39, 0.29) is 6.03 Å². The van der Waals surface area contributed by atoms with Gasteiger partial charge in [-0.05, 0) is 13.3 Å². The Kier molecular flexibility index (Phi) is 2.28. The van der Waals surface area contributed by atoms with E-state index in [9.17, 15) is 9.90 Å². The fourth-order valence-electron chi connectivity index (χ4n) is 1.39. The lowest BCUT2D eigenvalue weighted by Crippen LogP contribution is -2.40. The van der Waals surface area contributed by atoms with Crippen molar-refractivity contribution >= 4 is 6.03 Å². The Hall–Kier alpha value is -0.770. The second-order valence-electron chi connectivity index (χ2n) is 3.85. The largest absolute Gasteiger partial charge is 0.388 e. The summed E-state index contributed by atoms with van der Waals surface area (Å²) in [5.74, 6) is 0. The average molecular weight is 172 g/mol. The van der Waals surface area contributed by atoms with Crippen molar-refractivity contribution in [3.63, 3.8) is 0 Å². The zero-order valence-corrected chi connectivity index (χ0v) is 7.87. The molecule has 70 valence electrons. The minimum Gasteiger partial charge on any atom is -0.388 e. The lowest BCUT2D eigenvalue weighted by molar-refractivity contribution is 0.0701. The Morgan fingerprint density at radius 3 is 2.50 bits per heavy atom. The second kappa shape index (κ2) is 2.94. The van der Waals surface area contributed by atoms with E-state index >= 15 is 0 Å². The highest BCUT2D eigenvalue weighted by Gasteiger charge is 2.34. The van der Waals surface area contributed by atoms with E-state index < -0.39 is 5.60 Å². The summed E-state index contributed by atoms with van der Waals surface area (Å²) in [4.78, 5) is 14.6. The van der Waals surface area contributed by atoms with Crippen molar-refractivity contribution in [1.82, 2.24) is 9.80 Å². The topological polar surface area (TPSA) is 43.8 Å². The van der Waals surface area contributed by atoms with Crippen LogP contribution in [0.5, 0.6) is 0 Å². The van der Waals surface area contributed by atoms with Gasteiger partial charge in [0, 0.05) is 20.6 Å². The third-order valence-electron chi connectivity index (χ3n) is 2.10. The third kappa shape index (κ3) is 1.88. The van der Waals surface area contributed by atoms with Gasteiger partial charge < -0.3 is 14.9 Å². The Morgan fingerprint density at radius 1 is 1.58 bits per heavy atom. The number of β-amino-alcohol motifs (C(OH)–C–C–N with tert-alkyl or cyclic N) is 1. The molecule has 1 rings (SSSR count). The van der Waals surface area contributed by atoms with Gasteiger partial charge in [0.25, 0.3) is 0 Å². The van der Waals surface area contributed by atoms with Gasteiger partial charge in [-0.15, -0.1) is 0 Å². The molecule has 2 amide bonds. The van der Waals surface area contributed by atoms with Crippen LogP contribution < -0.4 is 0 Å². The molecule has 1 heterocycles. The highest BCUT2D eigenvalue weighted by atomic mass is 16.3. The maximum atomic E-state index is 11.4. The zero-order chi connectivity index (χ0) is 9.35. The summed E-state index contributed by atoms with van der Waals surface area (Å²) in [6.45, 7) is 2.87. The molecule has 12 heavy (non-hydrogen) atoms. The van der Waals surface area contributed by atoms with Gasteiger partial charge in [0.05, 0.1) is 12.1 Å². The van der Waals surface area contributed by atoms with Crippen LogP contribution in [-0.2, 0) is 0 Å². The summed E-state index contributed by atoms with van der Waals surface area (Å²) >= 11 is 0. The van der Waals surface area contributed by atoms with Gasteiger partial charge in [0.2, 0.25) is 0 Å². The highest BCUT2D eigenvalue weighted by Crippen LogP contribution is 2.20. The lowest BCUT2D eigenvalue weighted by atomic mass is 10.1. The molecule has 0 aromatic heterocycles. The smallest absolute Gasteiger partial charge is 0.319 e. The molecule has 0 spiro atoms. The van der Waals surface area contributed by atoms with E-state index in [0.29, 0.717) is 19.5 Å². The molecule has 1 N–H and O–H groups in total. The summed E-state index contributed by atoms with van der Waals surface area (Å²) in [6.07, 6.45) is 0.673. The first-order valence-electron chi connectivity index (χ1n) is 4.11. The minimum atomic E-state index is -0.689. The van der Waals surface area contributed by atoms with Crippen molar-refractivity contribution in [2.45, 2.75) is 18.9 Å². The van der Waals surface area contributed by atoms with Gasteiger partial charge in [-0.1, -0.05) is 0 Å². The molecule has 0 radical (unpaired) electrons. The quantitative estimate of drug-likeness (QED) is 0.564. The van der Waals surface area contributed by atoms with Crippen molar-refractivity contribution in [1.29, 1.82) is 0 Å². The van der Waals surface area contributed by atoms with Crippen LogP contribution in [0.1, 0.15) is 13.3 Å². The van der Waals surface area contributed by atoms with E-state index in [1.165, 1.54) is 4.90 Å². The molecule has 0 saturated carbocycles. The zero-order valence-electron chi connectivity index (χ0n) is 7.87. The molecular weight excluding hydrogens is 156 g/mol. The molecule has 1 fully saturated rings. The highest BCUT2D eigenvalue weighted by molar-refractivity contribution is 5.74. The SMILES string of the molecule is CN(C)C(=O)N1CCC(C)(O)C1. The predicted molar refractivity (Wildman–Crippen MR) is 45.9 cm³/mol. The van der Waals surface area contributed by atoms with Crippen LogP contribution in [0.3, 0.4) is 0 Å². The van der Waals surface area contributed by atoms with Crippen molar-refractivity contribution < 1.29 is 9.90 Å². The van der Waals surface area contributed by atoms with E-state index in [2.05, 4.69) is 0 Å². The number of carbonyl (C=O) groups excluding carboxylic acids is 1. The first-order chi connectivity index (χ1) is 5.42. The molecule has 1 aliphatic rings. The summed E-state index contributed by atoms with van der Waals surface area (Å²) in [7, 11) is 3.44. The number of rotatable bonds is 0. The fourth-order valence-corrected chi connectivity index (χ4v) is 1.39. The van der Waals surface area contributed by atoms with E-state index in [0.717, 1.165) is 0 Å². The molecular formula is C8H16N2O2. The monoisotopic (exact) mass is 172 g/mol. The number of hydrogen-bond donors (Lipinski definition) is 1. The van der Waals surface area contributed by atoms with Crippen LogP contribution >= 0.6 is 0 Å². The number of carbonyl (C=O) groups is 1. The lowest BCUT2D eigenvalue weighted by Gasteiger charge is -2.22. The molecule has 0 aromatic carbocycles. The van der Waals surface area contributed by atoms with Gasteiger partial charge in [-0.2, -0.15) is 0 Å². The van der Waals surface area contributed by atoms with Gasteiger partial charge in [0.15, 0.2) is 0 Å². The van der Waals surface area contributed by atoms with Crippen molar-refractivity contribution in [2.75, 3.05) is 27.2 Å². The molecule has 1 unspecified atom stereocenters. The average Bonchev–Trinajstić information content (AvgIpc) is 2.28. The first-order valence-corrected chi connectivity index (χ1v) is 4.11. The summed E-state index contributed by atoms with van der Waals surface area (Å²) in [5, 5.41) is 9.58. The van der Waals surface area contributed by atoms with Crippen molar-refractivity contribution in [3.8, 4) is 0 Å². The molecule has 4 heteroatoms. The van der Waals surface area contributed by atoms with Crippen LogP contribution in [0.2, 0.25) is 0 Å². The van der Waals surface area contributed by atoms with Crippen LogP contribution in [0, 0.1) is 0 Å². The van der Waals surface area contributed by atoms with E-state index in [4.69, 9.17) is 0 Å². The number of nitrogens with zero attached hydrogens (tertiary/aromatic N) is 2. The molecule has 0 aromatic rings. The van der Waals surface area contributed by atoms with E-state index in [1.807, 2.05) is 0 Å². The Balaban J connectivity index is 2.53. The van der Waals surface area contributed by atoms with Crippen LogP contribution in [0.15, 0.2) is 0 Å². The normalized spacial score (nSPS) is 29.2. The molecule has 1 atom stereocenters. The molecule has 0 aliphatic carbocycles. The maximum Gasteiger partial charge on any atom is 0.319 e. The predicted octanol–water partition coefficient (Wildman–Crippen LogP) is 0.125. The Bertz CT molecular complexity index is 189. The van der Waals surface area contributed by atoms with Crippen molar-refractivity contribution in [2.24, 2.45) is 0 Å². The molecule has 1 aliphatic heterocycles. The Labute approximate surface area is 72.8 Å². The summed E-state index contributed by atoms with van der Waals surface area (Å²) in [6, 6.07) is -0.0206. The number of hydrogen-bond acceptors (Lipinski definition) is 2. The molecule has 0 bridgehead atoms. The number of aliphatic hydroxyl groups is 1.